The van der Waals surface area contributed by atoms with E-state index in [1.54, 1.807) is 0 Å². The van der Waals surface area contributed by atoms with Crippen molar-refractivity contribution in [3.8, 4) is 0 Å². The quantitative estimate of drug-likeness (QED) is 0.329. The van der Waals surface area contributed by atoms with E-state index in [9.17, 15) is 9.59 Å². The van der Waals surface area contributed by atoms with Gasteiger partial charge in [0, 0.05) is 39.8 Å². The molecule has 30 heavy (non-hydrogen) atoms. The number of ether oxygens (including phenoxy) is 1. The molecular weight excluding hydrogens is 446 g/mol. The lowest BCUT2D eigenvalue weighted by atomic mass is 10.1. The molecule has 1 aromatic heterocycles. The summed E-state index contributed by atoms with van der Waals surface area (Å²) in [6.45, 7) is 0.232. The molecule has 0 saturated heterocycles. The second-order valence-electron chi connectivity index (χ2n) is 7.00. The number of amides is 1. The van der Waals surface area contributed by atoms with Gasteiger partial charge >= 0.3 is 5.97 Å². The number of hydrogen-bond acceptors (Lipinski definition) is 4. The molecule has 1 N–H and O–H groups in total. The Balaban J connectivity index is 1.25. The van der Waals surface area contributed by atoms with Crippen LogP contribution >= 0.6 is 15.9 Å². The highest BCUT2D eigenvalue weighted by Gasteiger charge is 2.10. The lowest BCUT2D eigenvalue weighted by molar-refractivity contribution is -0.145. The number of rotatable bonds is 7. The summed E-state index contributed by atoms with van der Waals surface area (Å²) in [6.07, 6.45) is 0.871. The first-order valence-electron chi connectivity index (χ1n) is 9.70. The topological polar surface area (TPSA) is 68.5 Å². The van der Waals surface area contributed by atoms with Gasteiger partial charge in [-0.05, 0) is 42.3 Å². The average Bonchev–Trinajstić information content (AvgIpc) is 3.11. The molecule has 0 saturated carbocycles. The van der Waals surface area contributed by atoms with Crippen molar-refractivity contribution in [2.45, 2.75) is 25.9 Å². The Kier molecular flexibility index (Phi) is 6.14. The van der Waals surface area contributed by atoms with Crippen LogP contribution in [0.1, 0.15) is 24.8 Å². The molecule has 0 aliphatic rings. The van der Waals surface area contributed by atoms with Gasteiger partial charge in [0.05, 0.1) is 0 Å². The summed E-state index contributed by atoms with van der Waals surface area (Å²) < 4.78 is 12.1. The molecule has 1 heterocycles. The molecule has 0 atom stereocenters. The highest BCUT2D eigenvalue weighted by Crippen LogP contribution is 2.30. The summed E-state index contributed by atoms with van der Waals surface area (Å²) in [5.74, 6) is -0.458. The number of fused-ring (bicyclic) bond motifs is 3. The summed E-state index contributed by atoms with van der Waals surface area (Å²) >= 11 is 3.37. The number of carbonyl (C=O) groups is 2. The largest absolute Gasteiger partial charge is 0.461 e. The van der Waals surface area contributed by atoms with Crippen LogP contribution in [0.25, 0.3) is 21.9 Å². The van der Waals surface area contributed by atoms with Gasteiger partial charge in [0.15, 0.2) is 0 Å². The van der Waals surface area contributed by atoms with Gasteiger partial charge in [-0.1, -0.05) is 46.3 Å². The zero-order valence-electron chi connectivity index (χ0n) is 16.2. The van der Waals surface area contributed by atoms with Crippen LogP contribution in [-0.4, -0.2) is 11.9 Å². The molecule has 0 spiro atoms. The summed E-state index contributed by atoms with van der Waals surface area (Å²) in [4.78, 5) is 24.1. The molecule has 6 heteroatoms. The average molecular weight is 466 g/mol. The van der Waals surface area contributed by atoms with Crippen molar-refractivity contribution in [3.05, 3.63) is 76.8 Å². The number of nitrogens with one attached hydrogen (secondary N) is 1. The molecule has 0 bridgehead atoms. The zero-order chi connectivity index (χ0) is 20.9. The van der Waals surface area contributed by atoms with E-state index in [-0.39, 0.29) is 31.3 Å². The van der Waals surface area contributed by atoms with Crippen molar-refractivity contribution in [1.29, 1.82) is 0 Å². The minimum absolute atomic E-state index is 0.147. The van der Waals surface area contributed by atoms with Gasteiger partial charge in [0.1, 0.15) is 17.8 Å². The van der Waals surface area contributed by atoms with Crippen molar-refractivity contribution in [2.24, 2.45) is 0 Å². The van der Waals surface area contributed by atoms with Crippen molar-refractivity contribution >= 4 is 55.4 Å². The van der Waals surface area contributed by atoms with Gasteiger partial charge in [-0.15, -0.1) is 0 Å². The lowest BCUT2D eigenvalue weighted by Gasteiger charge is -2.06. The van der Waals surface area contributed by atoms with E-state index < -0.39 is 0 Å². The number of anilines is 1. The standard InChI is InChI=1S/C24H20BrNO4/c25-17-10-8-16(9-11-17)15-29-24(28)7-3-6-23(27)26-18-12-13-20-19-4-1-2-5-21(19)30-22(20)14-18/h1-2,4-5,8-14H,3,6-7,15H2,(H,26,27). The maximum Gasteiger partial charge on any atom is 0.306 e. The van der Waals surface area contributed by atoms with Crippen LogP contribution in [-0.2, 0) is 20.9 Å². The molecule has 0 aliphatic carbocycles. The third-order valence-electron chi connectivity index (χ3n) is 4.76. The number of furan rings is 1. The third kappa shape index (κ3) is 4.89. The Morgan fingerprint density at radius 3 is 2.50 bits per heavy atom. The van der Waals surface area contributed by atoms with E-state index in [1.165, 1.54) is 0 Å². The van der Waals surface area contributed by atoms with E-state index >= 15 is 0 Å². The van der Waals surface area contributed by atoms with Crippen molar-refractivity contribution < 1.29 is 18.7 Å². The predicted molar refractivity (Wildman–Crippen MR) is 120 cm³/mol. The van der Waals surface area contributed by atoms with Crippen LogP contribution in [0.2, 0.25) is 0 Å². The molecule has 0 unspecified atom stereocenters. The fourth-order valence-electron chi connectivity index (χ4n) is 3.24. The second-order valence-corrected chi connectivity index (χ2v) is 7.91. The zero-order valence-corrected chi connectivity index (χ0v) is 17.8. The first-order chi connectivity index (χ1) is 14.6. The highest BCUT2D eigenvalue weighted by atomic mass is 79.9. The first kappa shape index (κ1) is 20.2. The number of esters is 1. The fraction of sp³-hybridized carbons (Fsp3) is 0.167. The molecule has 0 aliphatic heterocycles. The van der Waals surface area contributed by atoms with Gasteiger partial charge in [0.2, 0.25) is 5.91 Å². The third-order valence-corrected chi connectivity index (χ3v) is 5.29. The SMILES string of the molecule is O=C(CCCC(=O)OCc1ccc(Br)cc1)Nc1ccc2c(c1)oc1ccccc12. The summed E-state index contributed by atoms with van der Waals surface area (Å²) in [6, 6.07) is 21.0. The van der Waals surface area contributed by atoms with Crippen LogP contribution in [0.3, 0.4) is 0 Å². The summed E-state index contributed by atoms with van der Waals surface area (Å²) in [7, 11) is 0. The molecular formula is C24H20BrNO4. The molecule has 5 nitrogen and oxygen atoms in total. The molecule has 4 rings (SSSR count). The van der Waals surface area contributed by atoms with Crippen molar-refractivity contribution in [3.63, 3.8) is 0 Å². The Morgan fingerprint density at radius 1 is 0.900 bits per heavy atom. The monoisotopic (exact) mass is 465 g/mol. The number of carbonyl (C=O) groups excluding carboxylic acids is 2. The fourth-order valence-corrected chi connectivity index (χ4v) is 3.50. The highest BCUT2D eigenvalue weighted by molar-refractivity contribution is 9.10. The van der Waals surface area contributed by atoms with Crippen LogP contribution in [0.5, 0.6) is 0 Å². The maximum absolute atomic E-state index is 12.2. The summed E-state index contributed by atoms with van der Waals surface area (Å²) in [5, 5.41) is 4.92. The van der Waals surface area contributed by atoms with E-state index in [0.29, 0.717) is 12.1 Å². The number of hydrogen-bond donors (Lipinski definition) is 1. The Morgan fingerprint density at radius 2 is 1.67 bits per heavy atom. The van der Waals surface area contributed by atoms with Crippen LogP contribution < -0.4 is 5.32 Å². The minimum atomic E-state index is -0.311. The minimum Gasteiger partial charge on any atom is -0.461 e. The lowest BCUT2D eigenvalue weighted by Crippen LogP contribution is -2.12. The van der Waals surface area contributed by atoms with Crippen LogP contribution in [0.4, 0.5) is 5.69 Å². The normalized spacial score (nSPS) is 11.0. The Bertz CT molecular complexity index is 1200. The summed E-state index contributed by atoms with van der Waals surface area (Å²) in [5.41, 5.74) is 3.14. The van der Waals surface area contributed by atoms with Crippen LogP contribution in [0, 0.1) is 0 Å². The van der Waals surface area contributed by atoms with Crippen molar-refractivity contribution in [1.82, 2.24) is 0 Å². The van der Waals surface area contributed by atoms with Crippen molar-refractivity contribution in [2.75, 3.05) is 5.32 Å². The van der Waals surface area contributed by atoms with E-state index in [0.717, 1.165) is 32.0 Å². The maximum atomic E-state index is 12.2. The molecule has 152 valence electrons. The smallest absolute Gasteiger partial charge is 0.306 e. The van der Waals surface area contributed by atoms with E-state index in [4.69, 9.17) is 9.15 Å². The predicted octanol–water partition coefficient (Wildman–Crippen LogP) is 6.20. The second kappa shape index (κ2) is 9.13. The van der Waals surface area contributed by atoms with Crippen LogP contribution in [0.15, 0.2) is 75.6 Å². The van der Waals surface area contributed by atoms with Gasteiger partial charge in [-0.2, -0.15) is 0 Å². The van der Waals surface area contributed by atoms with Gasteiger partial charge in [-0.3, -0.25) is 9.59 Å². The molecule has 0 fully saturated rings. The van der Waals surface area contributed by atoms with Gasteiger partial charge in [-0.25, -0.2) is 0 Å². The molecule has 0 radical (unpaired) electrons. The number of halogens is 1. The van der Waals surface area contributed by atoms with E-state index in [2.05, 4.69) is 21.2 Å². The van der Waals surface area contributed by atoms with E-state index in [1.807, 2.05) is 66.7 Å². The number of benzene rings is 3. The molecule has 1 amide bonds. The Hall–Kier alpha value is -3.12. The molecule has 3 aromatic carbocycles. The first-order valence-corrected chi connectivity index (χ1v) is 10.5. The number of para-hydroxylation sites is 1. The Labute approximate surface area is 182 Å². The van der Waals surface area contributed by atoms with Gasteiger partial charge in [0.25, 0.3) is 0 Å². The van der Waals surface area contributed by atoms with Gasteiger partial charge < -0.3 is 14.5 Å². The molecule has 4 aromatic rings.